The van der Waals surface area contributed by atoms with Gasteiger partial charge in [-0.05, 0) is 29.7 Å². The van der Waals surface area contributed by atoms with Crippen molar-refractivity contribution in [2.24, 2.45) is 0 Å². The molecule has 0 fully saturated rings. The molecule has 1 N–H and O–H groups in total. The van der Waals surface area contributed by atoms with Gasteiger partial charge in [-0.1, -0.05) is 48.0 Å². The minimum absolute atomic E-state index is 0.205. The van der Waals surface area contributed by atoms with Gasteiger partial charge in [0.2, 0.25) is 0 Å². The van der Waals surface area contributed by atoms with Crippen LogP contribution in [0.15, 0.2) is 48.5 Å². The first-order valence-corrected chi connectivity index (χ1v) is 5.15. The van der Waals surface area contributed by atoms with E-state index in [2.05, 4.69) is 12.1 Å². The minimum Gasteiger partial charge on any atom is -0.508 e. The fourth-order valence-corrected chi connectivity index (χ4v) is 1.74. The molecular formula is C13H11ClO. The molecule has 0 atom stereocenters. The van der Waals surface area contributed by atoms with Crippen LogP contribution in [0.4, 0.5) is 0 Å². The van der Waals surface area contributed by atoms with Crippen LogP contribution in [0.5, 0.6) is 5.75 Å². The Morgan fingerprint density at radius 1 is 1.00 bits per heavy atom. The Morgan fingerprint density at radius 3 is 2.40 bits per heavy atom. The molecule has 2 aromatic rings. The van der Waals surface area contributed by atoms with E-state index in [4.69, 9.17) is 11.6 Å². The molecule has 0 aromatic heterocycles. The summed E-state index contributed by atoms with van der Waals surface area (Å²) in [7, 11) is 0. The molecule has 2 rings (SSSR count). The Kier molecular flexibility index (Phi) is 2.93. The number of phenols is 1. The summed E-state index contributed by atoms with van der Waals surface area (Å²) in [5, 5.41) is 9.83. The molecule has 0 bridgehead atoms. The summed E-state index contributed by atoms with van der Waals surface area (Å²) in [4.78, 5) is 0. The fourth-order valence-electron chi connectivity index (χ4n) is 1.50. The van der Waals surface area contributed by atoms with Crippen LogP contribution >= 0.6 is 11.6 Å². The Morgan fingerprint density at radius 2 is 1.73 bits per heavy atom. The standard InChI is InChI=1S/C13H11ClO/c14-13-9-12(15)7-6-11(13)8-10-4-2-1-3-5-10/h1-7,9,15H,8H2. The van der Waals surface area contributed by atoms with E-state index in [1.54, 1.807) is 12.1 Å². The van der Waals surface area contributed by atoms with Crippen molar-refractivity contribution in [2.45, 2.75) is 6.42 Å². The van der Waals surface area contributed by atoms with E-state index in [1.807, 2.05) is 24.3 Å². The molecular weight excluding hydrogens is 208 g/mol. The van der Waals surface area contributed by atoms with Crippen LogP contribution in [0.25, 0.3) is 0 Å². The third-order valence-corrected chi connectivity index (χ3v) is 2.63. The number of aromatic hydroxyl groups is 1. The second-order valence-corrected chi connectivity index (χ2v) is 3.85. The summed E-state index contributed by atoms with van der Waals surface area (Å²) in [6, 6.07) is 15.2. The first-order chi connectivity index (χ1) is 7.25. The molecule has 0 unspecified atom stereocenters. The van der Waals surface area contributed by atoms with Crippen molar-refractivity contribution in [3.05, 3.63) is 64.7 Å². The van der Waals surface area contributed by atoms with E-state index < -0.39 is 0 Å². The maximum atomic E-state index is 9.22. The molecule has 0 aliphatic carbocycles. The highest BCUT2D eigenvalue weighted by molar-refractivity contribution is 6.31. The number of rotatable bonds is 2. The van der Waals surface area contributed by atoms with Gasteiger partial charge in [0.1, 0.15) is 5.75 Å². The third kappa shape index (κ3) is 2.51. The smallest absolute Gasteiger partial charge is 0.117 e. The van der Waals surface area contributed by atoms with Gasteiger partial charge >= 0.3 is 0 Å². The van der Waals surface area contributed by atoms with Gasteiger partial charge in [0.25, 0.3) is 0 Å². The lowest BCUT2D eigenvalue weighted by Gasteiger charge is -2.04. The first kappa shape index (κ1) is 10.1. The average Bonchev–Trinajstić information content (AvgIpc) is 2.24. The molecule has 0 saturated carbocycles. The number of hydrogen-bond donors (Lipinski definition) is 1. The van der Waals surface area contributed by atoms with Crippen molar-refractivity contribution < 1.29 is 5.11 Å². The van der Waals surface area contributed by atoms with E-state index in [9.17, 15) is 5.11 Å². The molecule has 0 aliphatic rings. The molecule has 1 nitrogen and oxygen atoms in total. The molecule has 0 radical (unpaired) electrons. The maximum Gasteiger partial charge on any atom is 0.117 e. The van der Waals surface area contributed by atoms with E-state index in [1.165, 1.54) is 5.56 Å². The highest BCUT2D eigenvalue weighted by atomic mass is 35.5. The van der Waals surface area contributed by atoms with Gasteiger partial charge in [-0.2, -0.15) is 0 Å². The quantitative estimate of drug-likeness (QED) is 0.816. The van der Waals surface area contributed by atoms with Gasteiger partial charge < -0.3 is 5.11 Å². The van der Waals surface area contributed by atoms with Crippen LogP contribution < -0.4 is 0 Å². The SMILES string of the molecule is Oc1ccc(Cc2ccccc2)c(Cl)c1. The molecule has 0 aliphatic heterocycles. The summed E-state index contributed by atoms with van der Waals surface area (Å²) in [5.74, 6) is 0.205. The van der Waals surface area contributed by atoms with E-state index in [0.717, 1.165) is 12.0 Å². The predicted molar refractivity (Wildman–Crippen MR) is 62.4 cm³/mol. The average molecular weight is 219 g/mol. The zero-order valence-corrected chi connectivity index (χ0v) is 8.91. The Balaban J connectivity index is 2.25. The normalized spacial score (nSPS) is 10.2. The number of benzene rings is 2. The highest BCUT2D eigenvalue weighted by Gasteiger charge is 2.02. The number of halogens is 1. The summed E-state index contributed by atoms with van der Waals surface area (Å²) in [5.41, 5.74) is 2.24. The van der Waals surface area contributed by atoms with E-state index >= 15 is 0 Å². The fraction of sp³-hybridized carbons (Fsp3) is 0.0769. The Hall–Kier alpha value is -1.47. The Bertz CT molecular complexity index is 451. The van der Waals surface area contributed by atoms with Crippen LogP contribution in [0.1, 0.15) is 11.1 Å². The lowest BCUT2D eigenvalue weighted by Crippen LogP contribution is -1.88. The zero-order valence-electron chi connectivity index (χ0n) is 8.15. The topological polar surface area (TPSA) is 20.2 Å². The molecule has 0 heterocycles. The molecule has 2 heteroatoms. The van der Waals surface area contributed by atoms with Crippen LogP contribution in [-0.4, -0.2) is 5.11 Å². The minimum atomic E-state index is 0.205. The van der Waals surface area contributed by atoms with Crippen molar-refractivity contribution in [3.63, 3.8) is 0 Å². The van der Waals surface area contributed by atoms with Gasteiger partial charge in [-0.25, -0.2) is 0 Å². The predicted octanol–water partition coefficient (Wildman–Crippen LogP) is 3.64. The zero-order chi connectivity index (χ0) is 10.7. The maximum absolute atomic E-state index is 9.22. The number of hydrogen-bond acceptors (Lipinski definition) is 1. The molecule has 15 heavy (non-hydrogen) atoms. The van der Waals surface area contributed by atoms with Crippen molar-refractivity contribution in [3.8, 4) is 5.75 Å². The van der Waals surface area contributed by atoms with Crippen LogP contribution in [-0.2, 0) is 6.42 Å². The van der Waals surface area contributed by atoms with Crippen molar-refractivity contribution in [2.75, 3.05) is 0 Å². The lowest BCUT2D eigenvalue weighted by atomic mass is 10.1. The molecule has 0 saturated heterocycles. The Labute approximate surface area is 94.0 Å². The molecule has 2 aromatic carbocycles. The molecule has 0 spiro atoms. The third-order valence-electron chi connectivity index (χ3n) is 2.27. The van der Waals surface area contributed by atoms with Crippen molar-refractivity contribution in [1.29, 1.82) is 0 Å². The molecule has 76 valence electrons. The van der Waals surface area contributed by atoms with Crippen LogP contribution in [0.2, 0.25) is 5.02 Å². The first-order valence-electron chi connectivity index (χ1n) is 4.77. The van der Waals surface area contributed by atoms with Crippen molar-refractivity contribution in [1.82, 2.24) is 0 Å². The largest absolute Gasteiger partial charge is 0.508 e. The van der Waals surface area contributed by atoms with Crippen LogP contribution in [0.3, 0.4) is 0 Å². The van der Waals surface area contributed by atoms with Gasteiger partial charge in [-0.15, -0.1) is 0 Å². The summed E-state index contributed by atoms with van der Waals surface area (Å²) < 4.78 is 0. The van der Waals surface area contributed by atoms with Gasteiger partial charge in [-0.3, -0.25) is 0 Å². The lowest BCUT2D eigenvalue weighted by molar-refractivity contribution is 0.475. The van der Waals surface area contributed by atoms with Gasteiger partial charge in [0.15, 0.2) is 0 Å². The summed E-state index contributed by atoms with van der Waals surface area (Å²) in [6.07, 6.45) is 0.792. The van der Waals surface area contributed by atoms with E-state index in [-0.39, 0.29) is 5.75 Å². The van der Waals surface area contributed by atoms with Crippen molar-refractivity contribution >= 4 is 11.6 Å². The number of phenolic OH excluding ortho intramolecular Hbond substituents is 1. The second kappa shape index (κ2) is 4.37. The van der Waals surface area contributed by atoms with E-state index in [0.29, 0.717) is 5.02 Å². The molecule has 0 amide bonds. The van der Waals surface area contributed by atoms with Gasteiger partial charge in [0, 0.05) is 5.02 Å². The second-order valence-electron chi connectivity index (χ2n) is 3.44. The monoisotopic (exact) mass is 218 g/mol. The highest BCUT2D eigenvalue weighted by Crippen LogP contribution is 2.23. The van der Waals surface area contributed by atoms with Crippen LogP contribution in [0, 0.1) is 0 Å². The van der Waals surface area contributed by atoms with Gasteiger partial charge in [0.05, 0.1) is 0 Å². The summed E-state index contributed by atoms with van der Waals surface area (Å²) >= 11 is 6.02. The summed E-state index contributed by atoms with van der Waals surface area (Å²) in [6.45, 7) is 0.